The van der Waals surface area contributed by atoms with Crippen LogP contribution >= 0.6 is 22.9 Å². The van der Waals surface area contributed by atoms with E-state index in [1.807, 2.05) is 0 Å². The molecule has 2 aromatic rings. The molecule has 0 N–H and O–H groups in total. The number of carbonyl (C=O) groups is 1. The van der Waals surface area contributed by atoms with Crippen LogP contribution in [0, 0.1) is 0 Å². The molecule has 0 atom stereocenters. The molecule has 1 aliphatic heterocycles. The number of fused-ring (bicyclic) bond motifs is 1. The summed E-state index contributed by atoms with van der Waals surface area (Å²) >= 11 is 7.26. The van der Waals surface area contributed by atoms with Gasteiger partial charge < -0.3 is 9.30 Å². The zero-order valence-corrected chi connectivity index (χ0v) is 12.4. The van der Waals surface area contributed by atoms with Crippen LogP contribution < -0.4 is 5.56 Å². The van der Waals surface area contributed by atoms with Gasteiger partial charge in [0.2, 0.25) is 0 Å². The van der Waals surface area contributed by atoms with Crippen molar-refractivity contribution in [2.24, 2.45) is 0 Å². The van der Waals surface area contributed by atoms with Gasteiger partial charge in [0.1, 0.15) is 0 Å². The standard InChI is InChI=1S/C14H12ClNO3S/c1-19-14(18)8-7-9(11-4-5-12(15)20-11)13(17)16-6-2-3-10(8)16/h4-5,7H,2-3,6H2,1H3. The highest BCUT2D eigenvalue weighted by Crippen LogP contribution is 2.31. The van der Waals surface area contributed by atoms with Gasteiger partial charge in [-0.3, -0.25) is 4.79 Å². The molecule has 6 heteroatoms. The summed E-state index contributed by atoms with van der Waals surface area (Å²) in [6.07, 6.45) is 1.60. The number of esters is 1. The summed E-state index contributed by atoms with van der Waals surface area (Å²) in [4.78, 5) is 25.2. The fraction of sp³-hybridized carbons (Fsp3) is 0.286. The van der Waals surface area contributed by atoms with Crippen molar-refractivity contribution in [3.63, 3.8) is 0 Å². The number of carbonyl (C=O) groups excluding carboxylic acids is 1. The Bertz CT molecular complexity index is 747. The van der Waals surface area contributed by atoms with Crippen LogP contribution in [0.2, 0.25) is 4.34 Å². The minimum atomic E-state index is -0.403. The van der Waals surface area contributed by atoms with Gasteiger partial charge in [0, 0.05) is 17.1 Å². The Balaban J connectivity index is 2.26. The first-order chi connectivity index (χ1) is 9.61. The minimum Gasteiger partial charge on any atom is -0.465 e. The van der Waals surface area contributed by atoms with E-state index >= 15 is 0 Å². The van der Waals surface area contributed by atoms with Crippen LogP contribution in [-0.4, -0.2) is 17.6 Å². The second-order valence-electron chi connectivity index (χ2n) is 4.57. The van der Waals surface area contributed by atoms with E-state index in [4.69, 9.17) is 16.3 Å². The van der Waals surface area contributed by atoms with Crippen molar-refractivity contribution in [3.8, 4) is 10.4 Å². The molecule has 0 saturated heterocycles. The molecule has 20 heavy (non-hydrogen) atoms. The van der Waals surface area contributed by atoms with Gasteiger partial charge in [0.05, 0.1) is 22.6 Å². The maximum atomic E-state index is 12.5. The summed E-state index contributed by atoms with van der Waals surface area (Å²) in [7, 11) is 1.35. The number of ether oxygens (including phenoxy) is 1. The Labute approximate surface area is 124 Å². The first kappa shape index (κ1) is 13.4. The molecule has 0 saturated carbocycles. The van der Waals surface area contributed by atoms with Crippen LogP contribution in [-0.2, 0) is 17.7 Å². The maximum Gasteiger partial charge on any atom is 0.339 e. The third kappa shape index (κ3) is 2.07. The normalized spacial score (nSPS) is 13.3. The predicted octanol–water partition coefficient (Wildman–Crippen LogP) is 2.96. The maximum absolute atomic E-state index is 12.5. The van der Waals surface area contributed by atoms with Gasteiger partial charge in [-0.05, 0) is 31.0 Å². The average molecular weight is 310 g/mol. The molecule has 0 unspecified atom stereocenters. The Morgan fingerprint density at radius 3 is 2.90 bits per heavy atom. The SMILES string of the molecule is COC(=O)c1cc(-c2ccc(Cl)s2)c(=O)n2c1CCC2. The fourth-order valence-corrected chi connectivity index (χ4v) is 3.59. The topological polar surface area (TPSA) is 48.3 Å². The molecule has 0 aliphatic carbocycles. The van der Waals surface area contributed by atoms with Gasteiger partial charge in [0.25, 0.3) is 5.56 Å². The third-order valence-electron chi connectivity index (χ3n) is 3.44. The van der Waals surface area contributed by atoms with Crippen molar-refractivity contribution >= 4 is 28.9 Å². The molecule has 0 radical (unpaired) electrons. The quantitative estimate of drug-likeness (QED) is 0.801. The van der Waals surface area contributed by atoms with Crippen molar-refractivity contribution in [2.75, 3.05) is 7.11 Å². The van der Waals surface area contributed by atoms with E-state index < -0.39 is 5.97 Å². The molecule has 3 rings (SSSR count). The van der Waals surface area contributed by atoms with Gasteiger partial charge in [-0.15, -0.1) is 11.3 Å². The smallest absolute Gasteiger partial charge is 0.339 e. The van der Waals surface area contributed by atoms with Gasteiger partial charge in [-0.1, -0.05) is 11.6 Å². The van der Waals surface area contributed by atoms with E-state index in [2.05, 4.69) is 0 Å². The fourth-order valence-electron chi connectivity index (χ4n) is 2.54. The molecule has 3 heterocycles. The Kier molecular flexibility index (Phi) is 3.40. The lowest BCUT2D eigenvalue weighted by Crippen LogP contribution is -2.24. The lowest BCUT2D eigenvalue weighted by molar-refractivity contribution is 0.0598. The Morgan fingerprint density at radius 1 is 1.45 bits per heavy atom. The minimum absolute atomic E-state index is 0.0660. The molecule has 2 aromatic heterocycles. The van der Waals surface area contributed by atoms with Crippen molar-refractivity contribution in [2.45, 2.75) is 19.4 Å². The molecule has 104 valence electrons. The zero-order chi connectivity index (χ0) is 14.3. The summed E-state index contributed by atoms with van der Waals surface area (Å²) in [5.74, 6) is -0.403. The molecular formula is C14H12ClNO3S. The first-order valence-corrected chi connectivity index (χ1v) is 7.42. The third-order valence-corrected chi connectivity index (χ3v) is 4.70. The van der Waals surface area contributed by atoms with E-state index in [9.17, 15) is 9.59 Å². The lowest BCUT2D eigenvalue weighted by Gasteiger charge is -2.10. The van der Waals surface area contributed by atoms with Gasteiger partial charge in [-0.2, -0.15) is 0 Å². The number of aromatic nitrogens is 1. The van der Waals surface area contributed by atoms with Crippen LogP contribution in [0.1, 0.15) is 22.5 Å². The van der Waals surface area contributed by atoms with E-state index in [0.29, 0.717) is 22.0 Å². The monoisotopic (exact) mass is 309 g/mol. The van der Waals surface area contributed by atoms with Crippen LogP contribution in [0.5, 0.6) is 0 Å². The zero-order valence-electron chi connectivity index (χ0n) is 10.8. The van der Waals surface area contributed by atoms with Gasteiger partial charge >= 0.3 is 5.97 Å². The second kappa shape index (κ2) is 5.07. The molecular weight excluding hydrogens is 298 g/mol. The number of halogens is 1. The summed E-state index contributed by atoms with van der Waals surface area (Å²) in [6.45, 7) is 0.644. The Morgan fingerprint density at radius 2 is 2.25 bits per heavy atom. The number of thiophene rings is 1. The highest BCUT2D eigenvalue weighted by Gasteiger charge is 2.24. The summed E-state index contributed by atoms with van der Waals surface area (Å²) in [5, 5.41) is 0. The van der Waals surface area contributed by atoms with Gasteiger partial charge in [-0.25, -0.2) is 4.79 Å². The van der Waals surface area contributed by atoms with Crippen LogP contribution in [0.4, 0.5) is 0 Å². The number of hydrogen-bond acceptors (Lipinski definition) is 4. The number of methoxy groups -OCH3 is 1. The average Bonchev–Trinajstić information content (AvgIpc) is 3.07. The number of pyridine rings is 1. The second-order valence-corrected chi connectivity index (χ2v) is 6.29. The highest BCUT2D eigenvalue weighted by molar-refractivity contribution is 7.19. The molecule has 0 amide bonds. The summed E-state index contributed by atoms with van der Waals surface area (Å²) in [5.41, 5.74) is 1.69. The molecule has 0 bridgehead atoms. The number of rotatable bonds is 2. The van der Waals surface area contributed by atoms with Crippen LogP contribution in [0.3, 0.4) is 0 Å². The van der Waals surface area contributed by atoms with E-state index in [0.717, 1.165) is 23.4 Å². The van der Waals surface area contributed by atoms with Crippen LogP contribution in [0.15, 0.2) is 23.0 Å². The summed E-state index contributed by atoms with van der Waals surface area (Å²) in [6, 6.07) is 5.18. The largest absolute Gasteiger partial charge is 0.465 e. The van der Waals surface area contributed by atoms with Crippen molar-refractivity contribution in [1.29, 1.82) is 0 Å². The van der Waals surface area contributed by atoms with E-state index in [-0.39, 0.29) is 5.56 Å². The molecule has 0 aromatic carbocycles. The predicted molar refractivity (Wildman–Crippen MR) is 78.7 cm³/mol. The van der Waals surface area contributed by atoms with Crippen molar-refractivity contribution < 1.29 is 9.53 Å². The highest BCUT2D eigenvalue weighted by atomic mass is 35.5. The van der Waals surface area contributed by atoms with Crippen LogP contribution in [0.25, 0.3) is 10.4 Å². The van der Waals surface area contributed by atoms with Gasteiger partial charge in [0.15, 0.2) is 0 Å². The molecule has 1 aliphatic rings. The number of nitrogens with zero attached hydrogens (tertiary/aromatic N) is 1. The summed E-state index contributed by atoms with van der Waals surface area (Å²) < 4.78 is 7.11. The molecule has 0 spiro atoms. The van der Waals surface area contributed by atoms with Crippen molar-refractivity contribution in [1.82, 2.24) is 4.57 Å². The van der Waals surface area contributed by atoms with E-state index in [1.54, 1.807) is 22.8 Å². The van der Waals surface area contributed by atoms with Crippen molar-refractivity contribution in [3.05, 3.63) is 44.1 Å². The Hall–Kier alpha value is -1.59. The first-order valence-electron chi connectivity index (χ1n) is 6.22. The molecule has 0 fully saturated rings. The number of hydrogen-bond donors (Lipinski definition) is 0. The molecule has 4 nitrogen and oxygen atoms in total. The lowest BCUT2D eigenvalue weighted by atomic mass is 10.1. The van der Waals surface area contributed by atoms with E-state index in [1.165, 1.54) is 18.4 Å².